The number of amides is 2. The van der Waals surface area contributed by atoms with Crippen LogP contribution in [0.5, 0.6) is 0 Å². The average molecular weight is 258 g/mol. The number of benzene rings is 1. The molecule has 1 N–H and O–H groups in total. The van der Waals surface area contributed by atoms with Crippen LogP contribution in [0.2, 0.25) is 0 Å². The highest BCUT2D eigenvalue weighted by molar-refractivity contribution is 6.01. The second-order valence-electron chi connectivity index (χ2n) is 5.46. The molecular formula is C15H18N2O2. The lowest BCUT2D eigenvalue weighted by Crippen LogP contribution is -2.46. The Kier molecular flexibility index (Phi) is 3.01. The van der Waals surface area contributed by atoms with Gasteiger partial charge in [0.15, 0.2) is 0 Å². The minimum absolute atomic E-state index is 0.0140. The van der Waals surface area contributed by atoms with E-state index >= 15 is 0 Å². The molecule has 1 atom stereocenters. The third kappa shape index (κ3) is 2.48. The van der Waals surface area contributed by atoms with E-state index in [1.807, 2.05) is 31.2 Å². The van der Waals surface area contributed by atoms with E-state index < -0.39 is 0 Å². The summed E-state index contributed by atoms with van der Waals surface area (Å²) in [5.74, 6) is 0.361. The average Bonchev–Trinajstić information content (AvgIpc) is 3.21. The van der Waals surface area contributed by atoms with Crippen molar-refractivity contribution in [1.82, 2.24) is 5.32 Å². The van der Waals surface area contributed by atoms with Gasteiger partial charge in [0.1, 0.15) is 6.04 Å². The molecule has 2 fully saturated rings. The second-order valence-corrected chi connectivity index (χ2v) is 5.46. The van der Waals surface area contributed by atoms with Crippen molar-refractivity contribution in [2.45, 2.75) is 32.2 Å². The molecule has 0 radical (unpaired) electrons. The highest BCUT2D eigenvalue weighted by Gasteiger charge is 2.41. The lowest BCUT2D eigenvalue weighted by atomic mass is 10.1. The number of nitrogens with zero attached hydrogens (tertiary/aromatic N) is 1. The zero-order chi connectivity index (χ0) is 13.4. The van der Waals surface area contributed by atoms with E-state index in [1.54, 1.807) is 4.90 Å². The smallest absolute Gasteiger partial charge is 0.249 e. The van der Waals surface area contributed by atoms with Crippen molar-refractivity contribution in [3.63, 3.8) is 0 Å². The van der Waals surface area contributed by atoms with Crippen LogP contribution in [0.15, 0.2) is 24.3 Å². The van der Waals surface area contributed by atoms with Crippen LogP contribution in [0.25, 0.3) is 0 Å². The van der Waals surface area contributed by atoms with Gasteiger partial charge in [-0.05, 0) is 37.8 Å². The number of nitrogens with one attached hydrogen (secondary N) is 1. The number of hydrogen-bond donors (Lipinski definition) is 1. The maximum absolute atomic E-state index is 12.6. The maximum atomic E-state index is 12.6. The number of carbonyl (C=O) groups excluding carboxylic acids is 2. The first-order chi connectivity index (χ1) is 9.15. The predicted molar refractivity (Wildman–Crippen MR) is 72.8 cm³/mol. The summed E-state index contributed by atoms with van der Waals surface area (Å²) >= 11 is 0. The third-order valence-electron chi connectivity index (χ3n) is 3.85. The van der Waals surface area contributed by atoms with Crippen LogP contribution in [0.3, 0.4) is 0 Å². The van der Waals surface area contributed by atoms with Crippen LogP contribution in [-0.4, -0.2) is 24.4 Å². The number of rotatable bonds is 2. The molecule has 1 aromatic carbocycles. The first-order valence-corrected chi connectivity index (χ1v) is 6.82. The molecule has 19 heavy (non-hydrogen) atoms. The molecule has 1 heterocycles. The van der Waals surface area contributed by atoms with Crippen molar-refractivity contribution in [1.29, 1.82) is 0 Å². The predicted octanol–water partition coefficient (Wildman–Crippen LogP) is 1.63. The molecule has 1 saturated carbocycles. The summed E-state index contributed by atoms with van der Waals surface area (Å²) in [5, 5.41) is 2.87. The van der Waals surface area contributed by atoms with Gasteiger partial charge in [-0.3, -0.25) is 9.59 Å². The van der Waals surface area contributed by atoms with Crippen molar-refractivity contribution < 1.29 is 9.59 Å². The standard InChI is InChI=1S/C15H18N2O2/c1-10-2-6-12(7-3-10)17-9-8-13(18)16-14(15(17)19)11-4-5-11/h2-3,6-7,11,14H,4-5,8-9H2,1H3,(H,16,18). The monoisotopic (exact) mass is 258 g/mol. The number of aryl methyl sites for hydroxylation is 1. The second kappa shape index (κ2) is 4.68. The van der Waals surface area contributed by atoms with Crippen molar-refractivity contribution in [2.75, 3.05) is 11.4 Å². The molecule has 3 rings (SSSR count). The zero-order valence-corrected chi connectivity index (χ0v) is 11.1. The maximum Gasteiger partial charge on any atom is 0.249 e. The van der Waals surface area contributed by atoms with Crippen molar-refractivity contribution in [2.24, 2.45) is 5.92 Å². The highest BCUT2D eigenvalue weighted by Crippen LogP contribution is 2.35. The SMILES string of the molecule is Cc1ccc(N2CCC(=O)NC(C3CC3)C2=O)cc1. The Balaban J connectivity index is 1.88. The summed E-state index contributed by atoms with van der Waals surface area (Å²) in [5.41, 5.74) is 2.05. The lowest BCUT2D eigenvalue weighted by Gasteiger charge is -2.24. The summed E-state index contributed by atoms with van der Waals surface area (Å²) < 4.78 is 0. The Labute approximate surface area is 112 Å². The van der Waals surface area contributed by atoms with Crippen LogP contribution in [0.4, 0.5) is 5.69 Å². The van der Waals surface area contributed by atoms with Crippen LogP contribution >= 0.6 is 0 Å². The number of anilines is 1. The Morgan fingerprint density at radius 1 is 1.16 bits per heavy atom. The molecule has 4 heteroatoms. The van der Waals surface area contributed by atoms with E-state index in [1.165, 1.54) is 5.56 Å². The zero-order valence-electron chi connectivity index (χ0n) is 11.1. The summed E-state index contributed by atoms with van der Waals surface area (Å²) in [6, 6.07) is 7.57. The normalized spacial score (nSPS) is 24.1. The van der Waals surface area contributed by atoms with Crippen LogP contribution in [0, 0.1) is 12.8 Å². The van der Waals surface area contributed by atoms with E-state index in [4.69, 9.17) is 0 Å². The highest BCUT2D eigenvalue weighted by atomic mass is 16.2. The summed E-state index contributed by atoms with van der Waals surface area (Å²) in [4.78, 5) is 26.0. The van der Waals surface area contributed by atoms with E-state index in [-0.39, 0.29) is 17.9 Å². The van der Waals surface area contributed by atoms with Gasteiger partial charge in [-0.15, -0.1) is 0 Å². The van der Waals surface area contributed by atoms with Crippen molar-refractivity contribution >= 4 is 17.5 Å². The number of hydrogen-bond acceptors (Lipinski definition) is 2. The fourth-order valence-electron chi connectivity index (χ4n) is 2.53. The van der Waals surface area contributed by atoms with Crippen molar-refractivity contribution in [3.8, 4) is 0 Å². The van der Waals surface area contributed by atoms with Gasteiger partial charge in [-0.2, -0.15) is 0 Å². The molecule has 2 amide bonds. The molecule has 4 nitrogen and oxygen atoms in total. The van der Waals surface area contributed by atoms with Crippen molar-refractivity contribution in [3.05, 3.63) is 29.8 Å². The van der Waals surface area contributed by atoms with Gasteiger partial charge in [0, 0.05) is 18.7 Å². The number of carbonyl (C=O) groups is 2. The minimum atomic E-state index is -0.323. The van der Waals surface area contributed by atoms with Gasteiger partial charge in [0.25, 0.3) is 0 Å². The molecule has 1 saturated heterocycles. The van der Waals surface area contributed by atoms with Gasteiger partial charge in [0.05, 0.1) is 0 Å². The summed E-state index contributed by atoms with van der Waals surface area (Å²) in [6.07, 6.45) is 2.46. The van der Waals surface area contributed by atoms with Gasteiger partial charge < -0.3 is 10.2 Å². The first kappa shape index (κ1) is 12.2. The fourth-order valence-corrected chi connectivity index (χ4v) is 2.53. The molecule has 2 aliphatic rings. The largest absolute Gasteiger partial charge is 0.344 e. The van der Waals surface area contributed by atoms with E-state index in [2.05, 4.69) is 5.32 Å². The van der Waals surface area contributed by atoms with Gasteiger partial charge in [-0.25, -0.2) is 0 Å². The topological polar surface area (TPSA) is 49.4 Å². The van der Waals surface area contributed by atoms with Gasteiger partial charge in [-0.1, -0.05) is 17.7 Å². The van der Waals surface area contributed by atoms with E-state index in [0.29, 0.717) is 18.9 Å². The molecule has 1 aliphatic carbocycles. The quantitative estimate of drug-likeness (QED) is 0.876. The third-order valence-corrected chi connectivity index (χ3v) is 3.85. The van der Waals surface area contributed by atoms with Gasteiger partial charge >= 0.3 is 0 Å². The summed E-state index contributed by atoms with van der Waals surface area (Å²) in [7, 11) is 0. The van der Waals surface area contributed by atoms with E-state index in [0.717, 1.165) is 18.5 Å². The molecule has 1 unspecified atom stereocenters. The van der Waals surface area contributed by atoms with Gasteiger partial charge in [0.2, 0.25) is 11.8 Å². The Hall–Kier alpha value is -1.84. The molecule has 0 aromatic heterocycles. The Morgan fingerprint density at radius 2 is 1.84 bits per heavy atom. The van der Waals surface area contributed by atoms with E-state index in [9.17, 15) is 9.59 Å². The van der Waals surface area contributed by atoms with Crippen LogP contribution in [-0.2, 0) is 9.59 Å². The summed E-state index contributed by atoms with van der Waals surface area (Å²) in [6.45, 7) is 2.49. The lowest BCUT2D eigenvalue weighted by molar-refractivity contribution is -0.126. The molecule has 0 bridgehead atoms. The Bertz CT molecular complexity index is 505. The van der Waals surface area contributed by atoms with Crippen LogP contribution in [0.1, 0.15) is 24.8 Å². The molecule has 100 valence electrons. The molecular weight excluding hydrogens is 240 g/mol. The fraction of sp³-hybridized carbons (Fsp3) is 0.467. The molecule has 1 aromatic rings. The molecule has 0 spiro atoms. The first-order valence-electron chi connectivity index (χ1n) is 6.82. The minimum Gasteiger partial charge on any atom is -0.344 e. The Morgan fingerprint density at radius 3 is 2.47 bits per heavy atom. The van der Waals surface area contributed by atoms with Crippen LogP contribution < -0.4 is 10.2 Å². The molecule has 1 aliphatic heterocycles.